The number of nitrogens with one attached hydrogen (secondary N) is 1. The van der Waals surface area contributed by atoms with E-state index in [1.807, 2.05) is 48.2 Å². The van der Waals surface area contributed by atoms with Crippen LogP contribution in [0.4, 0.5) is 10.5 Å². The van der Waals surface area contributed by atoms with Crippen molar-refractivity contribution in [3.8, 4) is 11.5 Å². The maximum Gasteiger partial charge on any atom is 0.322 e. The van der Waals surface area contributed by atoms with Crippen LogP contribution in [0.15, 0.2) is 57.8 Å². The molecule has 2 aromatic heterocycles. The smallest absolute Gasteiger partial charge is 0.322 e. The number of carbonyl (C=O) groups is 1. The van der Waals surface area contributed by atoms with Gasteiger partial charge < -0.3 is 19.1 Å². The number of aryl methyl sites for hydroxylation is 1. The minimum atomic E-state index is -0.125. The number of hydrogen-bond donors (Lipinski definition) is 1. The normalized spacial score (nSPS) is 17.0. The molecule has 0 bridgehead atoms. The molecule has 0 spiro atoms. The average Bonchev–Trinajstić information content (AvgIpc) is 3.36. The number of nitrogens with zero attached hydrogens (tertiary/aromatic N) is 2. The number of rotatable bonds is 3. The average molecular weight is 337 g/mol. The Hall–Kier alpha value is -3.02. The monoisotopic (exact) mass is 337 g/mol. The van der Waals surface area contributed by atoms with E-state index in [0.29, 0.717) is 11.6 Å². The fourth-order valence-electron chi connectivity index (χ4n) is 3.20. The molecule has 1 atom stereocenters. The molecular weight excluding hydrogens is 318 g/mol. The van der Waals surface area contributed by atoms with Crippen molar-refractivity contribution in [3.05, 3.63) is 60.4 Å². The Kier molecular flexibility index (Phi) is 4.01. The standard InChI is InChI=1S/C19H19N3O3/c1-13-12-25-18(20-13)14-5-2-6-15(11-14)21-19(23)22-9-3-7-16(22)17-8-4-10-24-17/h2,4-6,8,10-12,16H,3,7,9H2,1H3,(H,21,23)/t16-/m0/s1. The first kappa shape index (κ1) is 15.5. The first-order valence-corrected chi connectivity index (χ1v) is 8.34. The Morgan fingerprint density at radius 1 is 1.28 bits per heavy atom. The molecule has 0 saturated carbocycles. The highest BCUT2D eigenvalue weighted by atomic mass is 16.3. The van der Waals surface area contributed by atoms with Gasteiger partial charge in [-0.25, -0.2) is 9.78 Å². The molecule has 2 amide bonds. The lowest BCUT2D eigenvalue weighted by Crippen LogP contribution is -2.34. The minimum Gasteiger partial charge on any atom is -0.467 e. The van der Waals surface area contributed by atoms with Gasteiger partial charge in [-0.2, -0.15) is 0 Å². The molecule has 1 aliphatic rings. The summed E-state index contributed by atoms with van der Waals surface area (Å²) < 4.78 is 10.9. The zero-order valence-corrected chi connectivity index (χ0v) is 13.9. The van der Waals surface area contributed by atoms with Crippen molar-refractivity contribution in [2.24, 2.45) is 0 Å². The molecule has 1 fully saturated rings. The summed E-state index contributed by atoms with van der Waals surface area (Å²) in [4.78, 5) is 18.8. The van der Waals surface area contributed by atoms with Gasteiger partial charge in [-0.3, -0.25) is 0 Å². The third-order valence-corrected chi connectivity index (χ3v) is 4.37. The van der Waals surface area contributed by atoms with E-state index < -0.39 is 0 Å². The third kappa shape index (κ3) is 3.15. The van der Waals surface area contributed by atoms with Crippen molar-refractivity contribution in [2.45, 2.75) is 25.8 Å². The second kappa shape index (κ2) is 6.47. The van der Waals surface area contributed by atoms with Gasteiger partial charge in [0.2, 0.25) is 5.89 Å². The molecule has 128 valence electrons. The number of urea groups is 1. The second-order valence-electron chi connectivity index (χ2n) is 6.17. The number of aromatic nitrogens is 1. The highest BCUT2D eigenvalue weighted by Crippen LogP contribution is 2.32. The Bertz CT molecular complexity index is 870. The van der Waals surface area contributed by atoms with Gasteiger partial charge in [0.25, 0.3) is 0 Å². The van der Waals surface area contributed by atoms with Crippen LogP contribution >= 0.6 is 0 Å². The first-order valence-electron chi connectivity index (χ1n) is 8.34. The maximum atomic E-state index is 12.7. The van der Waals surface area contributed by atoms with E-state index >= 15 is 0 Å². The highest BCUT2D eigenvalue weighted by molar-refractivity contribution is 5.90. The Morgan fingerprint density at radius 2 is 2.20 bits per heavy atom. The summed E-state index contributed by atoms with van der Waals surface area (Å²) >= 11 is 0. The quantitative estimate of drug-likeness (QED) is 0.757. The largest absolute Gasteiger partial charge is 0.467 e. The molecule has 6 nitrogen and oxygen atoms in total. The van der Waals surface area contributed by atoms with Crippen LogP contribution < -0.4 is 5.32 Å². The van der Waals surface area contributed by atoms with Gasteiger partial charge in [0, 0.05) is 17.8 Å². The van der Waals surface area contributed by atoms with E-state index in [-0.39, 0.29) is 12.1 Å². The Labute approximate surface area is 145 Å². The molecule has 1 aromatic carbocycles. The number of furan rings is 1. The molecule has 4 rings (SSSR count). The third-order valence-electron chi connectivity index (χ3n) is 4.37. The van der Waals surface area contributed by atoms with Gasteiger partial charge in [0.1, 0.15) is 12.0 Å². The van der Waals surface area contributed by atoms with Crippen LogP contribution in [0.3, 0.4) is 0 Å². The molecule has 1 N–H and O–H groups in total. The fraction of sp³-hybridized carbons (Fsp3) is 0.263. The van der Waals surface area contributed by atoms with Crippen LogP contribution in [-0.4, -0.2) is 22.5 Å². The summed E-state index contributed by atoms with van der Waals surface area (Å²) in [5, 5.41) is 2.97. The number of oxazole rings is 1. The van der Waals surface area contributed by atoms with Crippen LogP contribution in [0.1, 0.15) is 30.3 Å². The summed E-state index contributed by atoms with van der Waals surface area (Å²) in [6.07, 6.45) is 5.13. The van der Waals surface area contributed by atoms with Crippen LogP contribution in [0.25, 0.3) is 11.5 Å². The molecule has 25 heavy (non-hydrogen) atoms. The zero-order chi connectivity index (χ0) is 17.2. The number of anilines is 1. The molecule has 0 aliphatic carbocycles. The van der Waals surface area contributed by atoms with Gasteiger partial charge in [0.05, 0.1) is 18.0 Å². The van der Waals surface area contributed by atoms with E-state index in [4.69, 9.17) is 8.83 Å². The number of likely N-dealkylation sites (tertiary alicyclic amines) is 1. The van der Waals surface area contributed by atoms with E-state index in [1.54, 1.807) is 12.5 Å². The fourth-order valence-corrected chi connectivity index (χ4v) is 3.20. The van der Waals surface area contributed by atoms with Crippen LogP contribution in [0, 0.1) is 6.92 Å². The number of hydrogen-bond acceptors (Lipinski definition) is 4. The van der Waals surface area contributed by atoms with Crippen molar-refractivity contribution in [1.29, 1.82) is 0 Å². The SMILES string of the molecule is Cc1coc(-c2cccc(NC(=O)N3CCC[C@H]3c3ccco3)c2)n1. The van der Waals surface area contributed by atoms with Crippen molar-refractivity contribution in [1.82, 2.24) is 9.88 Å². The molecule has 0 radical (unpaired) electrons. The van der Waals surface area contributed by atoms with Gasteiger partial charge in [-0.15, -0.1) is 0 Å². The second-order valence-corrected chi connectivity index (χ2v) is 6.17. The summed E-state index contributed by atoms with van der Waals surface area (Å²) in [5.41, 5.74) is 2.36. The molecule has 1 saturated heterocycles. The van der Waals surface area contributed by atoms with Crippen LogP contribution in [0.2, 0.25) is 0 Å². The molecule has 1 aliphatic heterocycles. The van der Waals surface area contributed by atoms with Gasteiger partial charge >= 0.3 is 6.03 Å². The Morgan fingerprint density at radius 3 is 2.96 bits per heavy atom. The zero-order valence-electron chi connectivity index (χ0n) is 13.9. The van der Waals surface area contributed by atoms with Crippen molar-refractivity contribution in [2.75, 3.05) is 11.9 Å². The summed E-state index contributed by atoms with van der Waals surface area (Å²) in [6, 6.07) is 11.1. The summed E-state index contributed by atoms with van der Waals surface area (Å²) in [5.74, 6) is 1.37. The van der Waals surface area contributed by atoms with E-state index in [2.05, 4.69) is 10.3 Å². The van der Waals surface area contributed by atoms with E-state index in [9.17, 15) is 4.79 Å². The summed E-state index contributed by atoms with van der Waals surface area (Å²) in [7, 11) is 0. The minimum absolute atomic E-state index is 0.00688. The number of benzene rings is 1. The van der Waals surface area contributed by atoms with Gasteiger partial charge in [0.15, 0.2) is 0 Å². The highest BCUT2D eigenvalue weighted by Gasteiger charge is 2.31. The van der Waals surface area contributed by atoms with E-state index in [1.165, 1.54) is 0 Å². The number of amides is 2. The predicted octanol–water partition coefficient (Wildman–Crippen LogP) is 4.61. The van der Waals surface area contributed by atoms with E-state index in [0.717, 1.165) is 36.4 Å². The lowest BCUT2D eigenvalue weighted by atomic mass is 10.1. The molecule has 0 unspecified atom stereocenters. The van der Waals surface area contributed by atoms with Crippen LogP contribution in [0.5, 0.6) is 0 Å². The van der Waals surface area contributed by atoms with Gasteiger partial charge in [-0.1, -0.05) is 6.07 Å². The van der Waals surface area contributed by atoms with Crippen molar-refractivity contribution in [3.63, 3.8) is 0 Å². The van der Waals surface area contributed by atoms with Crippen molar-refractivity contribution >= 4 is 11.7 Å². The molecular formula is C19H19N3O3. The Balaban J connectivity index is 1.51. The molecule has 6 heteroatoms. The van der Waals surface area contributed by atoms with Gasteiger partial charge in [-0.05, 0) is 50.1 Å². The number of carbonyl (C=O) groups excluding carboxylic acids is 1. The summed E-state index contributed by atoms with van der Waals surface area (Å²) in [6.45, 7) is 2.59. The molecule has 3 heterocycles. The van der Waals surface area contributed by atoms with Crippen LogP contribution in [-0.2, 0) is 0 Å². The lowest BCUT2D eigenvalue weighted by molar-refractivity contribution is 0.200. The topological polar surface area (TPSA) is 71.5 Å². The van der Waals surface area contributed by atoms with Crippen molar-refractivity contribution < 1.29 is 13.6 Å². The predicted molar refractivity (Wildman–Crippen MR) is 93.1 cm³/mol. The maximum absolute atomic E-state index is 12.7. The first-order chi connectivity index (χ1) is 12.2. The molecule has 3 aromatic rings. The lowest BCUT2D eigenvalue weighted by Gasteiger charge is -2.23.